The Morgan fingerprint density at radius 1 is 1.21 bits per heavy atom. The maximum Gasteiger partial charge on any atom is 0.337 e. The Labute approximate surface area is 164 Å². The highest BCUT2D eigenvalue weighted by Gasteiger charge is 2.27. The molecule has 0 spiro atoms. The molecule has 1 amide bonds. The van der Waals surface area contributed by atoms with Crippen LogP contribution in [0.2, 0.25) is 0 Å². The number of aryl methyl sites for hydroxylation is 1. The SMILES string of the molecule is COC(=O)c1ccc(C(=O)Nc2sc3c(c2-c2nc(C)no2)CCOC3)cc1. The number of rotatable bonds is 4. The normalized spacial score (nSPS) is 13.1. The van der Waals surface area contributed by atoms with Crippen molar-refractivity contribution in [2.24, 2.45) is 0 Å². The number of thiophene rings is 1. The van der Waals surface area contributed by atoms with E-state index < -0.39 is 5.97 Å². The Kier molecular flexibility index (Phi) is 4.93. The fourth-order valence-corrected chi connectivity index (χ4v) is 4.17. The number of nitrogens with one attached hydrogen (secondary N) is 1. The highest BCUT2D eigenvalue weighted by atomic mass is 32.1. The zero-order chi connectivity index (χ0) is 19.7. The van der Waals surface area contributed by atoms with Gasteiger partial charge in [-0.3, -0.25) is 4.79 Å². The zero-order valence-corrected chi connectivity index (χ0v) is 16.1. The van der Waals surface area contributed by atoms with E-state index in [1.54, 1.807) is 31.2 Å². The zero-order valence-electron chi connectivity index (χ0n) is 15.3. The molecule has 28 heavy (non-hydrogen) atoms. The van der Waals surface area contributed by atoms with Crippen LogP contribution in [0, 0.1) is 6.92 Å². The van der Waals surface area contributed by atoms with Crippen molar-refractivity contribution in [2.45, 2.75) is 20.0 Å². The third-order valence-electron chi connectivity index (χ3n) is 4.36. The number of amides is 1. The molecule has 0 radical (unpaired) electrons. The fourth-order valence-electron chi connectivity index (χ4n) is 3.00. The molecule has 144 valence electrons. The molecule has 0 atom stereocenters. The Morgan fingerprint density at radius 3 is 2.64 bits per heavy atom. The van der Waals surface area contributed by atoms with E-state index in [1.165, 1.54) is 18.4 Å². The molecule has 3 aromatic rings. The molecule has 3 heterocycles. The molecular formula is C19H17N3O5S. The number of hydrogen-bond acceptors (Lipinski definition) is 8. The predicted molar refractivity (Wildman–Crippen MR) is 101 cm³/mol. The number of ether oxygens (including phenoxy) is 2. The number of esters is 1. The van der Waals surface area contributed by atoms with Crippen LogP contribution in [-0.2, 0) is 22.5 Å². The van der Waals surface area contributed by atoms with Crippen LogP contribution in [0.5, 0.6) is 0 Å². The van der Waals surface area contributed by atoms with Crippen molar-refractivity contribution in [1.82, 2.24) is 10.1 Å². The average Bonchev–Trinajstić information content (AvgIpc) is 3.30. The molecule has 0 bridgehead atoms. The smallest absolute Gasteiger partial charge is 0.337 e. The van der Waals surface area contributed by atoms with Gasteiger partial charge in [0.2, 0.25) is 0 Å². The van der Waals surface area contributed by atoms with E-state index in [2.05, 4.69) is 20.2 Å². The summed E-state index contributed by atoms with van der Waals surface area (Å²) in [5.74, 6) is 0.159. The number of methoxy groups -OCH3 is 1. The van der Waals surface area contributed by atoms with Gasteiger partial charge in [-0.1, -0.05) is 5.16 Å². The lowest BCUT2D eigenvalue weighted by molar-refractivity contribution is 0.0600. The second-order valence-corrected chi connectivity index (χ2v) is 7.29. The van der Waals surface area contributed by atoms with Gasteiger partial charge in [-0.2, -0.15) is 4.98 Å². The van der Waals surface area contributed by atoms with Crippen molar-refractivity contribution < 1.29 is 23.6 Å². The molecule has 0 unspecified atom stereocenters. The first-order chi connectivity index (χ1) is 13.6. The van der Waals surface area contributed by atoms with E-state index in [4.69, 9.17) is 9.26 Å². The Morgan fingerprint density at radius 2 is 1.96 bits per heavy atom. The molecule has 0 saturated heterocycles. The van der Waals surface area contributed by atoms with Gasteiger partial charge < -0.3 is 19.3 Å². The summed E-state index contributed by atoms with van der Waals surface area (Å²) >= 11 is 1.44. The number of fused-ring (bicyclic) bond motifs is 1. The Balaban J connectivity index is 1.65. The quantitative estimate of drug-likeness (QED) is 0.672. The van der Waals surface area contributed by atoms with Gasteiger partial charge in [0.05, 0.1) is 31.5 Å². The number of carbonyl (C=O) groups is 2. The molecule has 2 aromatic heterocycles. The van der Waals surface area contributed by atoms with Crippen LogP contribution in [0.15, 0.2) is 28.8 Å². The minimum Gasteiger partial charge on any atom is -0.465 e. The summed E-state index contributed by atoms with van der Waals surface area (Å²) in [5.41, 5.74) is 2.62. The third-order valence-corrected chi connectivity index (χ3v) is 5.48. The number of nitrogens with zero attached hydrogens (tertiary/aromatic N) is 2. The third kappa shape index (κ3) is 3.41. The van der Waals surface area contributed by atoms with Crippen LogP contribution in [0.1, 0.15) is 37.0 Å². The van der Waals surface area contributed by atoms with Crippen molar-refractivity contribution in [2.75, 3.05) is 19.0 Å². The van der Waals surface area contributed by atoms with Crippen LogP contribution < -0.4 is 5.32 Å². The number of anilines is 1. The fraction of sp³-hybridized carbons (Fsp3) is 0.263. The van der Waals surface area contributed by atoms with Gasteiger partial charge in [-0.25, -0.2) is 4.79 Å². The summed E-state index contributed by atoms with van der Waals surface area (Å²) < 4.78 is 15.6. The maximum atomic E-state index is 12.7. The predicted octanol–water partition coefficient (Wildman–Crippen LogP) is 3.22. The lowest BCUT2D eigenvalue weighted by Gasteiger charge is -2.12. The van der Waals surface area contributed by atoms with E-state index in [0.717, 1.165) is 16.0 Å². The van der Waals surface area contributed by atoms with Gasteiger partial charge in [-0.05, 0) is 43.2 Å². The molecule has 0 saturated carbocycles. The minimum absolute atomic E-state index is 0.298. The van der Waals surface area contributed by atoms with Crippen molar-refractivity contribution in [3.05, 3.63) is 51.7 Å². The van der Waals surface area contributed by atoms with Crippen LogP contribution in [0.3, 0.4) is 0 Å². The molecule has 1 aromatic carbocycles. The summed E-state index contributed by atoms with van der Waals surface area (Å²) in [5, 5.41) is 7.44. The summed E-state index contributed by atoms with van der Waals surface area (Å²) in [6, 6.07) is 6.26. The van der Waals surface area contributed by atoms with E-state index in [1.807, 2.05) is 0 Å². The first kappa shape index (κ1) is 18.3. The largest absolute Gasteiger partial charge is 0.465 e. The van der Waals surface area contributed by atoms with Gasteiger partial charge in [0.15, 0.2) is 5.82 Å². The molecule has 1 N–H and O–H groups in total. The van der Waals surface area contributed by atoms with Gasteiger partial charge >= 0.3 is 5.97 Å². The lowest BCUT2D eigenvalue weighted by Crippen LogP contribution is -2.12. The first-order valence-electron chi connectivity index (χ1n) is 8.59. The van der Waals surface area contributed by atoms with Gasteiger partial charge in [-0.15, -0.1) is 11.3 Å². The van der Waals surface area contributed by atoms with E-state index >= 15 is 0 Å². The summed E-state index contributed by atoms with van der Waals surface area (Å²) in [7, 11) is 1.31. The second-order valence-electron chi connectivity index (χ2n) is 6.18. The summed E-state index contributed by atoms with van der Waals surface area (Å²) in [6.45, 7) is 2.84. The van der Waals surface area contributed by atoms with Gasteiger partial charge in [0, 0.05) is 10.4 Å². The lowest BCUT2D eigenvalue weighted by atomic mass is 10.1. The van der Waals surface area contributed by atoms with Crippen LogP contribution in [0.25, 0.3) is 11.5 Å². The minimum atomic E-state index is -0.452. The Bertz CT molecular complexity index is 1040. The second kappa shape index (κ2) is 7.53. The van der Waals surface area contributed by atoms with Crippen molar-refractivity contribution in [1.29, 1.82) is 0 Å². The van der Waals surface area contributed by atoms with E-state index in [0.29, 0.717) is 47.5 Å². The maximum absolute atomic E-state index is 12.7. The molecule has 9 heteroatoms. The highest BCUT2D eigenvalue weighted by Crippen LogP contribution is 2.42. The number of aromatic nitrogens is 2. The highest BCUT2D eigenvalue weighted by molar-refractivity contribution is 7.17. The average molecular weight is 399 g/mol. The van der Waals surface area contributed by atoms with Crippen LogP contribution in [-0.4, -0.2) is 35.7 Å². The van der Waals surface area contributed by atoms with Gasteiger partial charge in [0.1, 0.15) is 5.00 Å². The molecule has 0 fully saturated rings. The molecule has 1 aliphatic rings. The molecule has 0 aliphatic carbocycles. The van der Waals surface area contributed by atoms with Crippen LogP contribution in [0.4, 0.5) is 5.00 Å². The topological polar surface area (TPSA) is 104 Å². The van der Waals surface area contributed by atoms with Crippen molar-refractivity contribution in [3.8, 4) is 11.5 Å². The van der Waals surface area contributed by atoms with Crippen molar-refractivity contribution >= 4 is 28.2 Å². The molecule has 1 aliphatic heterocycles. The standard InChI is InChI=1S/C19H17N3O5S/c1-10-20-17(27-22-10)15-13-7-8-26-9-14(13)28-18(15)21-16(23)11-3-5-12(6-4-11)19(24)25-2/h3-6H,7-9H2,1-2H3,(H,21,23). The Hall–Kier alpha value is -3.04. The number of carbonyl (C=O) groups excluding carboxylic acids is 2. The number of benzene rings is 1. The van der Waals surface area contributed by atoms with E-state index in [-0.39, 0.29) is 5.91 Å². The molecule has 8 nitrogen and oxygen atoms in total. The molecular weight excluding hydrogens is 382 g/mol. The summed E-state index contributed by atoms with van der Waals surface area (Å²) in [4.78, 5) is 29.7. The number of hydrogen-bond donors (Lipinski definition) is 1. The van der Waals surface area contributed by atoms with Crippen molar-refractivity contribution in [3.63, 3.8) is 0 Å². The first-order valence-corrected chi connectivity index (χ1v) is 9.41. The molecule has 4 rings (SSSR count). The van der Waals surface area contributed by atoms with E-state index in [9.17, 15) is 9.59 Å². The van der Waals surface area contributed by atoms with Gasteiger partial charge in [0.25, 0.3) is 11.8 Å². The van der Waals surface area contributed by atoms with Crippen LogP contribution >= 0.6 is 11.3 Å². The monoisotopic (exact) mass is 399 g/mol. The summed E-state index contributed by atoms with van der Waals surface area (Å²) in [6.07, 6.45) is 0.715.